The van der Waals surface area contributed by atoms with Gasteiger partial charge in [0, 0.05) is 12.1 Å². The lowest BCUT2D eigenvalue weighted by atomic mass is 10.0. The number of aromatic nitrogens is 2. The van der Waals surface area contributed by atoms with E-state index in [1.54, 1.807) is 6.07 Å². The lowest BCUT2D eigenvalue weighted by Crippen LogP contribution is -2.24. The average molecular weight is 209 g/mol. The van der Waals surface area contributed by atoms with Gasteiger partial charge in [0.05, 0.1) is 0 Å². The molecule has 5 N–H and O–H groups in total. The van der Waals surface area contributed by atoms with Gasteiger partial charge in [-0.1, -0.05) is 20.3 Å². The third-order valence-corrected chi connectivity index (χ3v) is 2.64. The van der Waals surface area contributed by atoms with E-state index >= 15 is 0 Å². The van der Waals surface area contributed by atoms with Gasteiger partial charge in [0.2, 0.25) is 5.95 Å². The quantitative estimate of drug-likeness (QED) is 0.699. The number of nitrogen functional groups attached to an aromatic ring is 2. The van der Waals surface area contributed by atoms with Gasteiger partial charge in [-0.3, -0.25) is 0 Å². The van der Waals surface area contributed by atoms with Crippen molar-refractivity contribution in [2.75, 3.05) is 16.8 Å². The van der Waals surface area contributed by atoms with E-state index in [1.807, 2.05) is 0 Å². The highest BCUT2D eigenvalue weighted by Gasteiger charge is 2.10. The van der Waals surface area contributed by atoms with Crippen LogP contribution in [0, 0.1) is 5.92 Å². The van der Waals surface area contributed by atoms with Crippen LogP contribution in [0.25, 0.3) is 0 Å². The number of hydrogen-bond donors (Lipinski definition) is 3. The third-order valence-electron chi connectivity index (χ3n) is 2.64. The van der Waals surface area contributed by atoms with Gasteiger partial charge in [0.15, 0.2) is 0 Å². The van der Waals surface area contributed by atoms with Crippen molar-refractivity contribution >= 4 is 17.6 Å². The summed E-state index contributed by atoms with van der Waals surface area (Å²) < 4.78 is 0. The van der Waals surface area contributed by atoms with Crippen LogP contribution in [0.1, 0.15) is 27.2 Å². The fourth-order valence-corrected chi connectivity index (χ4v) is 1.29. The normalized spacial score (nSPS) is 14.6. The van der Waals surface area contributed by atoms with E-state index in [9.17, 15) is 0 Å². The molecule has 2 atom stereocenters. The average Bonchev–Trinajstić information content (AvgIpc) is 2.14. The zero-order valence-electron chi connectivity index (χ0n) is 9.49. The lowest BCUT2D eigenvalue weighted by molar-refractivity contribution is 0.493. The fourth-order valence-electron chi connectivity index (χ4n) is 1.29. The van der Waals surface area contributed by atoms with Crippen molar-refractivity contribution in [3.05, 3.63) is 6.07 Å². The molecule has 1 aromatic rings. The summed E-state index contributed by atoms with van der Waals surface area (Å²) in [5, 5.41) is 3.26. The zero-order chi connectivity index (χ0) is 11.4. The molecule has 0 aromatic carbocycles. The summed E-state index contributed by atoms with van der Waals surface area (Å²) in [6.07, 6.45) is 1.12. The largest absolute Gasteiger partial charge is 0.383 e. The van der Waals surface area contributed by atoms with E-state index in [-0.39, 0.29) is 5.95 Å². The Balaban J connectivity index is 2.72. The van der Waals surface area contributed by atoms with Crippen LogP contribution in [0.15, 0.2) is 6.07 Å². The van der Waals surface area contributed by atoms with Crippen LogP contribution in [0.3, 0.4) is 0 Å². The fraction of sp³-hybridized carbons (Fsp3) is 0.600. The Morgan fingerprint density at radius 2 is 2.00 bits per heavy atom. The van der Waals surface area contributed by atoms with Crippen LogP contribution in [-0.2, 0) is 0 Å². The molecule has 1 heterocycles. The molecule has 0 spiro atoms. The summed E-state index contributed by atoms with van der Waals surface area (Å²) in [6, 6.07) is 2.03. The van der Waals surface area contributed by atoms with Crippen LogP contribution in [-0.4, -0.2) is 16.0 Å². The molecule has 0 aliphatic carbocycles. The Kier molecular flexibility index (Phi) is 3.71. The van der Waals surface area contributed by atoms with Crippen LogP contribution < -0.4 is 16.8 Å². The summed E-state index contributed by atoms with van der Waals surface area (Å²) in [6.45, 7) is 6.46. The molecule has 2 unspecified atom stereocenters. The topological polar surface area (TPSA) is 89.8 Å². The number of hydrogen-bond acceptors (Lipinski definition) is 5. The minimum atomic E-state index is 0.203. The molecule has 0 aliphatic heterocycles. The maximum atomic E-state index is 5.57. The summed E-state index contributed by atoms with van der Waals surface area (Å²) in [7, 11) is 0. The summed E-state index contributed by atoms with van der Waals surface area (Å²) in [5.41, 5.74) is 11.1. The number of nitrogens with zero attached hydrogens (tertiary/aromatic N) is 2. The van der Waals surface area contributed by atoms with E-state index in [2.05, 4.69) is 36.1 Å². The Bertz CT molecular complexity index is 305. The molecule has 15 heavy (non-hydrogen) atoms. The van der Waals surface area contributed by atoms with Gasteiger partial charge in [0.25, 0.3) is 0 Å². The van der Waals surface area contributed by atoms with Gasteiger partial charge in [-0.05, 0) is 12.8 Å². The predicted octanol–water partition coefficient (Wildman–Crippen LogP) is 1.49. The predicted molar refractivity (Wildman–Crippen MR) is 63.4 cm³/mol. The molecule has 0 aliphatic rings. The molecule has 0 amide bonds. The molecule has 0 bridgehead atoms. The molecule has 5 heteroatoms. The Morgan fingerprint density at radius 3 is 2.53 bits per heavy atom. The van der Waals surface area contributed by atoms with E-state index in [1.165, 1.54) is 0 Å². The van der Waals surface area contributed by atoms with E-state index in [0.717, 1.165) is 6.42 Å². The van der Waals surface area contributed by atoms with Gasteiger partial charge < -0.3 is 16.8 Å². The molecule has 0 radical (unpaired) electrons. The maximum absolute atomic E-state index is 5.57. The highest BCUT2D eigenvalue weighted by Crippen LogP contribution is 2.15. The molecule has 1 aromatic heterocycles. The van der Waals surface area contributed by atoms with Crippen LogP contribution >= 0.6 is 0 Å². The highest BCUT2D eigenvalue weighted by atomic mass is 15.1. The molecule has 0 saturated carbocycles. The molecule has 5 nitrogen and oxygen atoms in total. The summed E-state index contributed by atoms with van der Waals surface area (Å²) >= 11 is 0. The number of rotatable bonds is 4. The lowest BCUT2D eigenvalue weighted by Gasteiger charge is -2.20. The third kappa shape index (κ3) is 3.27. The second-order valence-electron chi connectivity index (χ2n) is 3.85. The standard InChI is InChI=1S/C10H19N5/c1-4-6(2)7(3)13-9-5-8(11)14-10(12)15-9/h5-7H,4H2,1-3H3,(H5,11,12,13,14,15). The highest BCUT2D eigenvalue weighted by molar-refractivity contribution is 5.48. The minimum Gasteiger partial charge on any atom is -0.383 e. The Hall–Kier alpha value is -1.52. The second kappa shape index (κ2) is 4.82. The number of anilines is 3. The number of nitrogens with one attached hydrogen (secondary N) is 1. The van der Waals surface area contributed by atoms with Crippen molar-refractivity contribution in [1.29, 1.82) is 0 Å². The SMILES string of the molecule is CCC(C)C(C)Nc1cc(N)nc(N)n1. The van der Waals surface area contributed by atoms with Crippen LogP contribution in [0.5, 0.6) is 0 Å². The van der Waals surface area contributed by atoms with Crippen molar-refractivity contribution < 1.29 is 0 Å². The first kappa shape index (κ1) is 11.6. The monoisotopic (exact) mass is 209 g/mol. The molecular formula is C10H19N5. The maximum Gasteiger partial charge on any atom is 0.223 e. The second-order valence-corrected chi connectivity index (χ2v) is 3.85. The van der Waals surface area contributed by atoms with Crippen molar-refractivity contribution in [3.8, 4) is 0 Å². The minimum absolute atomic E-state index is 0.203. The molecule has 84 valence electrons. The molecular weight excluding hydrogens is 190 g/mol. The first-order chi connectivity index (χ1) is 7.02. The summed E-state index contributed by atoms with van der Waals surface area (Å²) in [5.74, 6) is 1.85. The summed E-state index contributed by atoms with van der Waals surface area (Å²) in [4.78, 5) is 7.88. The van der Waals surface area contributed by atoms with Crippen molar-refractivity contribution in [3.63, 3.8) is 0 Å². The van der Waals surface area contributed by atoms with Gasteiger partial charge in [0.1, 0.15) is 11.6 Å². The van der Waals surface area contributed by atoms with E-state index in [4.69, 9.17) is 11.5 Å². The van der Waals surface area contributed by atoms with Crippen molar-refractivity contribution in [2.24, 2.45) is 5.92 Å². The van der Waals surface area contributed by atoms with Crippen molar-refractivity contribution in [1.82, 2.24) is 9.97 Å². The van der Waals surface area contributed by atoms with Gasteiger partial charge in [-0.2, -0.15) is 9.97 Å². The number of nitrogens with two attached hydrogens (primary N) is 2. The van der Waals surface area contributed by atoms with Gasteiger partial charge in [-0.15, -0.1) is 0 Å². The first-order valence-electron chi connectivity index (χ1n) is 5.19. The van der Waals surface area contributed by atoms with Gasteiger partial charge >= 0.3 is 0 Å². The Labute approximate surface area is 90.3 Å². The van der Waals surface area contributed by atoms with Crippen LogP contribution in [0.2, 0.25) is 0 Å². The molecule has 0 fully saturated rings. The smallest absolute Gasteiger partial charge is 0.223 e. The van der Waals surface area contributed by atoms with E-state index in [0.29, 0.717) is 23.6 Å². The van der Waals surface area contributed by atoms with Crippen molar-refractivity contribution in [2.45, 2.75) is 33.2 Å². The molecule has 0 saturated heterocycles. The molecule has 1 rings (SSSR count). The van der Waals surface area contributed by atoms with Crippen LogP contribution in [0.4, 0.5) is 17.6 Å². The van der Waals surface area contributed by atoms with E-state index < -0.39 is 0 Å². The van der Waals surface area contributed by atoms with Gasteiger partial charge in [-0.25, -0.2) is 0 Å². The zero-order valence-corrected chi connectivity index (χ0v) is 9.49. The first-order valence-corrected chi connectivity index (χ1v) is 5.19. The Morgan fingerprint density at radius 1 is 1.33 bits per heavy atom.